The van der Waals surface area contributed by atoms with Gasteiger partial charge in [0.2, 0.25) is 10.0 Å². The van der Waals surface area contributed by atoms with Crippen LogP contribution in [0.15, 0.2) is 23.1 Å². The van der Waals surface area contributed by atoms with Gasteiger partial charge in [-0.3, -0.25) is 0 Å². The van der Waals surface area contributed by atoms with E-state index in [9.17, 15) is 13.2 Å². The molecule has 2 rings (SSSR count). The Morgan fingerprint density at radius 3 is 2.87 bits per heavy atom. The first-order valence-electron chi connectivity index (χ1n) is 7.92. The molecule has 1 aromatic rings. The van der Waals surface area contributed by atoms with Gasteiger partial charge in [-0.25, -0.2) is 17.9 Å². The fourth-order valence-electron chi connectivity index (χ4n) is 2.67. The summed E-state index contributed by atoms with van der Waals surface area (Å²) in [5, 5.41) is 3.26. The first-order valence-corrected chi connectivity index (χ1v) is 9.40. The van der Waals surface area contributed by atoms with E-state index < -0.39 is 16.0 Å². The SMILES string of the molecule is CCOC(=O)c1ccc(C)c(S(=O)(=O)NCCC2CCNC2)c1. The second kappa shape index (κ2) is 7.90. The molecule has 23 heavy (non-hydrogen) atoms. The molecule has 0 spiro atoms. The van der Waals surface area contributed by atoms with E-state index in [0.717, 1.165) is 25.9 Å². The first kappa shape index (κ1) is 17.9. The lowest BCUT2D eigenvalue weighted by Crippen LogP contribution is -2.27. The van der Waals surface area contributed by atoms with Crippen molar-refractivity contribution in [3.05, 3.63) is 29.3 Å². The van der Waals surface area contributed by atoms with E-state index in [0.29, 0.717) is 18.0 Å². The highest BCUT2D eigenvalue weighted by atomic mass is 32.2. The van der Waals surface area contributed by atoms with E-state index in [1.54, 1.807) is 26.0 Å². The van der Waals surface area contributed by atoms with Crippen LogP contribution in [0.3, 0.4) is 0 Å². The van der Waals surface area contributed by atoms with Crippen LogP contribution in [0.25, 0.3) is 0 Å². The zero-order valence-corrected chi connectivity index (χ0v) is 14.4. The van der Waals surface area contributed by atoms with Gasteiger partial charge >= 0.3 is 5.97 Å². The molecule has 6 nitrogen and oxygen atoms in total. The Morgan fingerprint density at radius 2 is 2.22 bits per heavy atom. The number of ether oxygens (including phenoxy) is 1. The Morgan fingerprint density at radius 1 is 1.43 bits per heavy atom. The van der Waals surface area contributed by atoms with E-state index >= 15 is 0 Å². The number of carbonyl (C=O) groups excluding carboxylic acids is 1. The van der Waals surface area contributed by atoms with Crippen LogP contribution in [0.5, 0.6) is 0 Å². The zero-order chi connectivity index (χ0) is 16.9. The van der Waals surface area contributed by atoms with Crippen molar-refractivity contribution < 1.29 is 17.9 Å². The Bertz CT molecular complexity index is 652. The lowest BCUT2D eigenvalue weighted by Gasteiger charge is -2.12. The summed E-state index contributed by atoms with van der Waals surface area (Å²) in [6.45, 7) is 6.02. The summed E-state index contributed by atoms with van der Waals surface area (Å²) in [6.07, 6.45) is 1.89. The van der Waals surface area contributed by atoms with Gasteiger partial charge in [0.25, 0.3) is 0 Å². The van der Waals surface area contributed by atoms with Crippen LogP contribution in [0.1, 0.15) is 35.7 Å². The number of rotatable bonds is 7. The minimum absolute atomic E-state index is 0.132. The molecule has 0 aliphatic carbocycles. The Kier molecular flexibility index (Phi) is 6.15. The van der Waals surface area contributed by atoms with Crippen molar-refractivity contribution in [2.75, 3.05) is 26.2 Å². The van der Waals surface area contributed by atoms with Crippen molar-refractivity contribution >= 4 is 16.0 Å². The molecule has 0 aromatic heterocycles. The number of aryl methyl sites for hydroxylation is 1. The molecule has 1 aromatic carbocycles. The average Bonchev–Trinajstić information content (AvgIpc) is 3.01. The van der Waals surface area contributed by atoms with Gasteiger partial charge < -0.3 is 10.1 Å². The molecule has 2 N–H and O–H groups in total. The van der Waals surface area contributed by atoms with E-state index in [2.05, 4.69) is 10.0 Å². The average molecular weight is 340 g/mol. The smallest absolute Gasteiger partial charge is 0.338 e. The van der Waals surface area contributed by atoms with Gasteiger partial charge in [0.05, 0.1) is 17.1 Å². The van der Waals surface area contributed by atoms with Crippen molar-refractivity contribution in [1.82, 2.24) is 10.0 Å². The number of benzene rings is 1. The maximum Gasteiger partial charge on any atom is 0.338 e. The summed E-state index contributed by atoms with van der Waals surface area (Å²) < 4.78 is 32.5. The van der Waals surface area contributed by atoms with E-state index in [-0.39, 0.29) is 17.1 Å². The van der Waals surface area contributed by atoms with E-state index in [4.69, 9.17) is 4.74 Å². The highest BCUT2D eigenvalue weighted by Gasteiger charge is 2.20. The molecule has 128 valence electrons. The van der Waals surface area contributed by atoms with Crippen molar-refractivity contribution in [2.24, 2.45) is 5.92 Å². The Labute approximate surface area is 137 Å². The molecule has 0 bridgehead atoms. The summed E-state index contributed by atoms with van der Waals surface area (Å²) in [5.74, 6) is 0.00523. The zero-order valence-electron chi connectivity index (χ0n) is 13.6. The van der Waals surface area contributed by atoms with Crippen LogP contribution >= 0.6 is 0 Å². The molecular formula is C16H24N2O4S. The van der Waals surface area contributed by atoms with Gasteiger partial charge in [-0.2, -0.15) is 0 Å². The monoisotopic (exact) mass is 340 g/mol. The molecule has 1 aliphatic rings. The second-order valence-corrected chi connectivity index (χ2v) is 7.48. The van der Waals surface area contributed by atoms with Crippen LogP contribution in [-0.4, -0.2) is 40.6 Å². The molecule has 1 saturated heterocycles. The molecule has 7 heteroatoms. The number of nitrogens with one attached hydrogen (secondary N) is 2. The van der Waals surface area contributed by atoms with Crippen molar-refractivity contribution in [1.29, 1.82) is 0 Å². The fraction of sp³-hybridized carbons (Fsp3) is 0.562. The van der Waals surface area contributed by atoms with Crippen LogP contribution in [-0.2, 0) is 14.8 Å². The molecule has 1 unspecified atom stereocenters. The summed E-state index contributed by atoms with van der Waals surface area (Å²) in [5.41, 5.74) is 0.853. The molecule has 1 heterocycles. The van der Waals surface area contributed by atoms with Gasteiger partial charge in [-0.05, 0) is 63.4 Å². The van der Waals surface area contributed by atoms with Crippen LogP contribution in [0.4, 0.5) is 0 Å². The summed E-state index contributed by atoms with van der Waals surface area (Å²) in [7, 11) is -3.63. The number of hydrogen-bond acceptors (Lipinski definition) is 5. The number of sulfonamides is 1. The third-order valence-corrected chi connectivity index (χ3v) is 5.60. The summed E-state index contributed by atoms with van der Waals surface area (Å²) in [6, 6.07) is 4.59. The quantitative estimate of drug-likeness (QED) is 0.734. The van der Waals surface area contributed by atoms with Gasteiger partial charge in [0.1, 0.15) is 0 Å². The van der Waals surface area contributed by atoms with Gasteiger partial charge in [0.15, 0.2) is 0 Å². The third-order valence-electron chi connectivity index (χ3n) is 4.00. The van der Waals surface area contributed by atoms with Crippen molar-refractivity contribution in [2.45, 2.75) is 31.6 Å². The maximum atomic E-state index is 12.5. The number of carbonyl (C=O) groups is 1. The lowest BCUT2D eigenvalue weighted by atomic mass is 10.1. The fourth-order valence-corrected chi connectivity index (χ4v) is 3.98. The maximum absolute atomic E-state index is 12.5. The van der Waals surface area contributed by atoms with Crippen molar-refractivity contribution in [3.8, 4) is 0 Å². The highest BCUT2D eigenvalue weighted by molar-refractivity contribution is 7.89. The normalized spacial score (nSPS) is 18.1. The Hall–Kier alpha value is -1.44. The highest BCUT2D eigenvalue weighted by Crippen LogP contribution is 2.18. The minimum Gasteiger partial charge on any atom is -0.462 e. The molecule has 1 aliphatic heterocycles. The topological polar surface area (TPSA) is 84.5 Å². The molecule has 0 saturated carbocycles. The molecular weight excluding hydrogens is 316 g/mol. The van der Waals surface area contributed by atoms with Gasteiger partial charge in [-0.1, -0.05) is 6.07 Å². The standard InChI is InChI=1S/C16H24N2O4S/c1-3-22-16(19)14-5-4-12(2)15(10-14)23(20,21)18-9-7-13-6-8-17-11-13/h4-5,10,13,17-18H,3,6-9,11H2,1-2H3. The molecule has 1 atom stereocenters. The lowest BCUT2D eigenvalue weighted by molar-refractivity contribution is 0.0526. The third kappa shape index (κ3) is 4.76. The van der Waals surface area contributed by atoms with E-state index in [1.807, 2.05) is 0 Å². The minimum atomic E-state index is -3.63. The van der Waals surface area contributed by atoms with Gasteiger partial charge in [-0.15, -0.1) is 0 Å². The second-order valence-electron chi connectivity index (χ2n) is 5.75. The summed E-state index contributed by atoms with van der Waals surface area (Å²) in [4.78, 5) is 11.9. The molecule has 0 amide bonds. The predicted octanol–water partition coefficient (Wildman–Crippen LogP) is 1.45. The number of hydrogen-bond donors (Lipinski definition) is 2. The molecule has 0 radical (unpaired) electrons. The van der Waals surface area contributed by atoms with Gasteiger partial charge in [0, 0.05) is 6.54 Å². The Balaban J connectivity index is 2.08. The number of esters is 1. The molecule has 1 fully saturated rings. The predicted molar refractivity (Wildman–Crippen MR) is 87.9 cm³/mol. The van der Waals surface area contributed by atoms with Crippen LogP contribution in [0.2, 0.25) is 0 Å². The van der Waals surface area contributed by atoms with Crippen LogP contribution < -0.4 is 10.0 Å². The summed E-state index contributed by atoms with van der Waals surface area (Å²) >= 11 is 0. The largest absolute Gasteiger partial charge is 0.462 e. The first-order chi connectivity index (χ1) is 10.9. The van der Waals surface area contributed by atoms with Crippen molar-refractivity contribution in [3.63, 3.8) is 0 Å². The van der Waals surface area contributed by atoms with E-state index in [1.165, 1.54) is 6.07 Å². The van der Waals surface area contributed by atoms with Crippen LogP contribution in [0, 0.1) is 12.8 Å².